The van der Waals surface area contributed by atoms with E-state index in [4.69, 9.17) is 4.74 Å². The smallest absolute Gasteiger partial charge is 0.323 e. The molecule has 0 aromatic rings. The Labute approximate surface area is 109 Å². The van der Waals surface area contributed by atoms with Crippen molar-refractivity contribution >= 4 is 17.7 Å². The first-order valence-electron chi connectivity index (χ1n) is 6.32. The number of ether oxygens (including phenoxy) is 1. The van der Waals surface area contributed by atoms with Gasteiger partial charge in [0.2, 0.25) is 0 Å². The first-order chi connectivity index (χ1) is 7.72. The van der Waals surface area contributed by atoms with Crippen LogP contribution in [0.15, 0.2) is 0 Å². The fraction of sp³-hybridized carbons (Fsp3) is 0.923. The number of nitrogens with one attached hydrogen (secondary N) is 1. The first kappa shape index (κ1) is 14.8. The van der Waals surface area contributed by atoms with Gasteiger partial charge in [-0.25, -0.2) is 0 Å². The Hall–Kier alpha value is -0.220. The van der Waals surface area contributed by atoms with Crippen LogP contribution in [0.4, 0.5) is 0 Å². The highest BCUT2D eigenvalue weighted by atomic mass is 32.2. The molecule has 3 nitrogen and oxygen atoms in total. The zero-order valence-electron chi connectivity index (χ0n) is 11.6. The number of carbonyl (C=O) groups excluding carboxylic acids is 1. The van der Waals surface area contributed by atoms with E-state index < -0.39 is 5.60 Å². The molecule has 4 heteroatoms. The van der Waals surface area contributed by atoms with Gasteiger partial charge in [-0.05, 0) is 53.2 Å². The van der Waals surface area contributed by atoms with Gasteiger partial charge in [-0.15, -0.1) is 0 Å². The van der Waals surface area contributed by atoms with Crippen LogP contribution in [0.2, 0.25) is 0 Å². The third-order valence-electron chi connectivity index (χ3n) is 2.84. The lowest BCUT2D eigenvalue weighted by Crippen LogP contribution is -2.44. The molecule has 2 unspecified atom stereocenters. The summed E-state index contributed by atoms with van der Waals surface area (Å²) in [5.74, 6) is 1.07. The van der Waals surface area contributed by atoms with E-state index in [1.165, 1.54) is 18.6 Å². The third-order valence-corrected chi connectivity index (χ3v) is 4.38. The molecule has 0 aromatic heterocycles. The molecule has 1 saturated heterocycles. The molecular weight excluding hydrogens is 234 g/mol. The molecule has 0 aromatic carbocycles. The lowest BCUT2D eigenvalue weighted by atomic mass is 10.1. The maximum Gasteiger partial charge on any atom is 0.323 e. The Bertz CT molecular complexity index is 267. The second-order valence-electron chi connectivity index (χ2n) is 6.04. The van der Waals surface area contributed by atoms with Crippen molar-refractivity contribution < 1.29 is 9.53 Å². The molecule has 0 radical (unpaired) electrons. The molecule has 1 N–H and O–H groups in total. The number of thioether (sulfide) groups is 1. The first-order valence-corrected chi connectivity index (χ1v) is 7.31. The molecule has 0 spiro atoms. The molecular formula is C13H25NO2S. The van der Waals surface area contributed by atoms with Crippen molar-refractivity contribution in [2.75, 3.05) is 12.3 Å². The monoisotopic (exact) mass is 259 g/mol. The molecule has 0 amide bonds. The largest absolute Gasteiger partial charge is 0.459 e. The molecule has 1 aliphatic rings. The predicted molar refractivity (Wildman–Crippen MR) is 73.4 cm³/mol. The molecule has 1 fully saturated rings. The summed E-state index contributed by atoms with van der Waals surface area (Å²) >= 11 is 2.00. The minimum Gasteiger partial charge on any atom is -0.459 e. The Morgan fingerprint density at radius 1 is 1.53 bits per heavy atom. The third kappa shape index (κ3) is 5.30. The van der Waals surface area contributed by atoms with Gasteiger partial charge in [0.05, 0.1) is 0 Å². The highest BCUT2D eigenvalue weighted by molar-refractivity contribution is 8.00. The molecule has 0 bridgehead atoms. The molecule has 1 heterocycles. The summed E-state index contributed by atoms with van der Waals surface area (Å²) in [6, 6.07) is -0.229. The van der Waals surface area contributed by atoms with E-state index in [2.05, 4.69) is 12.2 Å². The van der Waals surface area contributed by atoms with Crippen molar-refractivity contribution in [1.29, 1.82) is 0 Å². The van der Waals surface area contributed by atoms with Crippen molar-refractivity contribution in [2.45, 2.75) is 63.9 Å². The zero-order chi connectivity index (χ0) is 13.1. The Balaban J connectivity index is 2.33. The van der Waals surface area contributed by atoms with Crippen LogP contribution in [0.5, 0.6) is 0 Å². The summed E-state index contributed by atoms with van der Waals surface area (Å²) in [6.45, 7) is 10.7. The van der Waals surface area contributed by atoms with Gasteiger partial charge in [-0.1, -0.05) is 0 Å². The quantitative estimate of drug-likeness (QED) is 0.788. The highest BCUT2D eigenvalue weighted by Gasteiger charge is 2.31. The number of rotatable bonds is 4. The second kappa shape index (κ2) is 5.61. The van der Waals surface area contributed by atoms with Crippen LogP contribution in [0.25, 0.3) is 0 Å². The van der Waals surface area contributed by atoms with Crippen LogP contribution >= 0.6 is 11.8 Å². The summed E-state index contributed by atoms with van der Waals surface area (Å²) in [5, 5.41) is 3.29. The van der Waals surface area contributed by atoms with Crippen molar-refractivity contribution in [2.24, 2.45) is 0 Å². The van der Waals surface area contributed by atoms with Crippen molar-refractivity contribution in [1.82, 2.24) is 5.32 Å². The van der Waals surface area contributed by atoms with Gasteiger partial charge in [0.1, 0.15) is 11.6 Å². The zero-order valence-corrected chi connectivity index (χ0v) is 12.4. The van der Waals surface area contributed by atoms with E-state index in [1.807, 2.05) is 39.5 Å². The van der Waals surface area contributed by atoms with Gasteiger partial charge in [0.25, 0.3) is 0 Å². The van der Waals surface area contributed by atoms with Crippen LogP contribution in [0.1, 0.15) is 47.5 Å². The predicted octanol–water partition coefficient (Wildman–Crippen LogP) is 2.59. The Kier molecular flexibility index (Phi) is 4.90. The molecule has 100 valence electrons. The van der Waals surface area contributed by atoms with Crippen LogP contribution in [0.3, 0.4) is 0 Å². The SMILES string of the molecule is CC(NCC1(C)CCCS1)C(=O)OC(C)(C)C. The van der Waals surface area contributed by atoms with Gasteiger partial charge in [0.15, 0.2) is 0 Å². The summed E-state index contributed by atoms with van der Waals surface area (Å²) in [7, 11) is 0. The average molecular weight is 259 g/mol. The summed E-state index contributed by atoms with van der Waals surface area (Å²) in [5.41, 5.74) is -0.404. The minimum atomic E-state index is -0.404. The van der Waals surface area contributed by atoms with Gasteiger partial charge in [0, 0.05) is 11.3 Å². The Morgan fingerprint density at radius 3 is 2.65 bits per heavy atom. The molecule has 0 saturated carbocycles. The molecule has 1 aliphatic heterocycles. The topological polar surface area (TPSA) is 38.3 Å². The molecule has 2 atom stereocenters. The van der Waals surface area contributed by atoms with Crippen molar-refractivity contribution in [3.63, 3.8) is 0 Å². The normalized spacial score (nSPS) is 26.9. The maximum absolute atomic E-state index is 11.8. The molecule has 17 heavy (non-hydrogen) atoms. The van der Waals surface area contributed by atoms with Crippen LogP contribution in [-0.2, 0) is 9.53 Å². The second-order valence-corrected chi connectivity index (χ2v) is 7.72. The lowest BCUT2D eigenvalue weighted by molar-refractivity contribution is -0.156. The van der Waals surface area contributed by atoms with Gasteiger partial charge < -0.3 is 10.1 Å². The lowest BCUT2D eigenvalue weighted by Gasteiger charge is -2.27. The minimum absolute atomic E-state index is 0.163. The molecule has 1 rings (SSSR count). The maximum atomic E-state index is 11.8. The number of carbonyl (C=O) groups is 1. The van der Waals surface area contributed by atoms with E-state index in [0.717, 1.165) is 6.54 Å². The average Bonchev–Trinajstić information content (AvgIpc) is 2.59. The summed E-state index contributed by atoms with van der Waals surface area (Å²) < 4.78 is 5.63. The van der Waals surface area contributed by atoms with E-state index in [1.54, 1.807) is 0 Å². The van der Waals surface area contributed by atoms with Gasteiger partial charge in [-0.3, -0.25) is 4.79 Å². The van der Waals surface area contributed by atoms with E-state index in [-0.39, 0.29) is 16.8 Å². The molecule has 0 aliphatic carbocycles. The van der Waals surface area contributed by atoms with E-state index in [0.29, 0.717) is 0 Å². The van der Waals surface area contributed by atoms with Gasteiger partial charge in [-0.2, -0.15) is 11.8 Å². The van der Waals surface area contributed by atoms with Crippen LogP contribution in [-0.4, -0.2) is 34.7 Å². The fourth-order valence-corrected chi connectivity index (χ4v) is 3.07. The van der Waals surface area contributed by atoms with E-state index >= 15 is 0 Å². The number of hydrogen-bond acceptors (Lipinski definition) is 4. The van der Waals surface area contributed by atoms with Crippen molar-refractivity contribution in [3.8, 4) is 0 Å². The van der Waals surface area contributed by atoms with Crippen LogP contribution in [0, 0.1) is 0 Å². The van der Waals surface area contributed by atoms with Crippen LogP contribution < -0.4 is 5.32 Å². The summed E-state index contributed by atoms with van der Waals surface area (Å²) in [6.07, 6.45) is 2.51. The van der Waals surface area contributed by atoms with E-state index in [9.17, 15) is 4.79 Å². The van der Waals surface area contributed by atoms with Gasteiger partial charge >= 0.3 is 5.97 Å². The Morgan fingerprint density at radius 2 is 2.18 bits per heavy atom. The number of hydrogen-bond donors (Lipinski definition) is 1. The number of esters is 1. The van der Waals surface area contributed by atoms with Crippen molar-refractivity contribution in [3.05, 3.63) is 0 Å². The highest BCUT2D eigenvalue weighted by Crippen LogP contribution is 2.37. The fourth-order valence-electron chi connectivity index (χ4n) is 1.82. The standard InChI is InChI=1S/C13H25NO2S/c1-10(11(15)16-12(2,3)4)14-9-13(5)7-6-8-17-13/h10,14H,6-9H2,1-5H3. The summed E-state index contributed by atoms with van der Waals surface area (Å²) in [4.78, 5) is 11.8.